The number of aryl methyl sites for hydroxylation is 1. The van der Waals surface area contributed by atoms with Crippen LogP contribution < -0.4 is 0 Å². The zero-order valence-corrected chi connectivity index (χ0v) is 12.9. The zero-order chi connectivity index (χ0) is 14.9. The number of aliphatic carboxylic acids is 1. The molecule has 1 saturated heterocycles. The summed E-state index contributed by atoms with van der Waals surface area (Å²) in [6.45, 7) is 3.81. The topological polar surface area (TPSA) is 57.6 Å². The number of rotatable bonds is 3. The minimum atomic E-state index is -0.958. The number of carboxylic acid groups (broad SMARTS) is 1. The standard InChI is InChI=1S/C14H16ClNO3S/c1-3-12-16(11(7-20-12)14(18)19)13(17)9-5-4-8(2)10(15)6-9/h4-6,11-12H,3,7H2,1-2H3,(H,18,19). The number of nitrogens with zero attached hydrogens (tertiary/aromatic N) is 1. The molecule has 1 aliphatic rings. The molecule has 1 amide bonds. The molecule has 1 aromatic carbocycles. The van der Waals surface area contributed by atoms with Gasteiger partial charge in [-0.3, -0.25) is 4.79 Å². The second-order valence-corrected chi connectivity index (χ2v) is 6.34. The normalized spacial score (nSPS) is 22.1. The van der Waals surface area contributed by atoms with E-state index in [4.69, 9.17) is 11.6 Å². The van der Waals surface area contributed by atoms with Crippen molar-refractivity contribution in [2.45, 2.75) is 31.7 Å². The summed E-state index contributed by atoms with van der Waals surface area (Å²) in [5, 5.41) is 9.68. The third-order valence-corrected chi connectivity index (χ3v) is 5.24. The third-order valence-electron chi connectivity index (χ3n) is 3.38. The second-order valence-electron chi connectivity index (χ2n) is 4.73. The summed E-state index contributed by atoms with van der Waals surface area (Å²) in [6, 6.07) is 4.30. The average molecular weight is 314 g/mol. The van der Waals surface area contributed by atoms with E-state index in [1.807, 2.05) is 13.8 Å². The minimum Gasteiger partial charge on any atom is -0.480 e. The molecule has 1 heterocycles. The van der Waals surface area contributed by atoms with Crippen molar-refractivity contribution in [2.24, 2.45) is 0 Å². The van der Waals surface area contributed by atoms with Crippen molar-refractivity contribution in [2.75, 3.05) is 5.75 Å². The van der Waals surface area contributed by atoms with Crippen LogP contribution in [0.2, 0.25) is 5.02 Å². The van der Waals surface area contributed by atoms with Crippen LogP contribution in [0.5, 0.6) is 0 Å². The molecule has 1 N–H and O–H groups in total. The molecule has 0 aromatic heterocycles. The lowest BCUT2D eigenvalue weighted by molar-refractivity contribution is -0.141. The number of hydrogen-bond acceptors (Lipinski definition) is 3. The number of benzene rings is 1. The van der Waals surface area contributed by atoms with E-state index < -0.39 is 12.0 Å². The fourth-order valence-electron chi connectivity index (χ4n) is 2.22. The van der Waals surface area contributed by atoms with Crippen molar-refractivity contribution in [1.82, 2.24) is 4.90 Å². The minimum absolute atomic E-state index is 0.0938. The van der Waals surface area contributed by atoms with E-state index in [9.17, 15) is 14.7 Å². The summed E-state index contributed by atoms with van der Waals surface area (Å²) in [5.74, 6) is -0.796. The van der Waals surface area contributed by atoms with Crippen LogP contribution in [0.3, 0.4) is 0 Å². The van der Waals surface area contributed by atoms with E-state index in [0.29, 0.717) is 16.3 Å². The molecule has 1 fully saturated rings. The zero-order valence-electron chi connectivity index (χ0n) is 11.3. The summed E-state index contributed by atoms with van der Waals surface area (Å²) < 4.78 is 0. The summed E-state index contributed by atoms with van der Waals surface area (Å²) in [5.41, 5.74) is 1.33. The fourth-order valence-corrected chi connectivity index (χ4v) is 3.74. The fraction of sp³-hybridized carbons (Fsp3) is 0.429. The van der Waals surface area contributed by atoms with Crippen LogP contribution in [-0.2, 0) is 4.79 Å². The van der Waals surface area contributed by atoms with Crippen LogP contribution in [0, 0.1) is 6.92 Å². The maximum atomic E-state index is 12.6. The van der Waals surface area contributed by atoms with Crippen molar-refractivity contribution in [3.8, 4) is 0 Å². The quantitative estimate of drug-likeness (QED) is 0.932. The number of halogens is 1. The highest BCUT2D eigenvalue weighted by Crippen LogP contribution is 2.33. The number of carbonyl (C=O) groups is 2. The van der Waals surface area contributed by atoms with Gasteiger partial charge < -0.3 is 10.0 Å². The van der Waals surface area contributed by atoms with Gasteiger partial charge in [-0.05, 0) is 31.0 Å². The van der Waals surface area contributed by atoms with Gasteiger partial charge in [0.25, 0.3) is 5.91 Å². The SMILES string of the molecule is CCC1SCC(C(=O)O)N1C(=O)c1ccc(C)c(Cl)c1. The van der Waals surface area contributed by atoms with Gasteiger partial charge in [-0.2, -0.15) is 0 Å². The molecule has 2 rings (SSSR count). The van der Waals surface area contributed by atoms with Crippen LogP contribution in [0.15, 0.2) is 18.2 Å². The summed E-state index contributed by atoms with van der Waals surface area (Å²) in [7, 11) is 0. The van der Waals surface area contributed by atoms with Gasteiger partial charge in [0, 0.05) is 16.3 Å². The van der Waals surface area contributed by atoms with E-state index in [0.717, 1.165) is 12.0 Å². The lowest BCUT2D eigenvalue weighted by atomic mass is 10.1. The first-order valence-electron chi connectivity index (χ1n) is 6.39. The molecule has 0 aliphatic carbocycles. The van der Waals surface area contributed by atoms with Gasteiger partial charge in [0.2, 0.25) is 0 Å². The van der Waals surface area contributed by atoms with Gasteiger partial charge in [-0.1, -0.05) is 24.6 Å². The Kier molecular flexibility index (Phi) is 4.60. The number of thioether (sulfide) groups is 1. The first-order valence-corrected chi connectivity index (χ1v) is 7.81. The van der Waals surface area contributed by atoms with E-state index in [1.54, 1.807) is 18.2 Å². The van der Waals surface area contributed by atoms with Gasteiger partial charge >= 0.3 is 5.97 Å². The molecule has 6 heteroatoms. The van der Waals surface area contributed by atoms with Crippen molar-refractivity contribution in [1.29, 1.82) is 0 Å². The molecule has 1 aliphatic heterocycles. The maximum Gasteiger partial charge on any atom is 0.327 e. The van der Waals surface area contributed by atoms with Crippen LogP contribution in [0.1, 0.15) is 29.3 Å². The van der Waals surface area contributed by atoms with Crippen molar-refractivity contribution in [3.05, 3.63) is 34.3 Å². The Balaban J connectivity index is 2.33. The van der Waals surface area contributed by atoms with Crippen LogP contribution in [0.4, 0.5) is 0 Å². The monoisotopic (exact) mass is 313 g/mol. The molecule has 0 radical (unpaired) electrons. The Morgan fingerprint density at radius 1 is 1.50 bits per heavy atom. The Bertz CT molecular complexity index is 549. The summed E-state index contributed by atoms with van der Waals surface area (Å²) >= 11 is 7.55. The van der Waals surface area contributed by atoms with Gasteiger partial charge in [0.15, 0.2) is 0 Å². The predicted octanol–water partition coefficient (Wildman–Crippen LogP) is 3.03. The Labute approximate surface area is 127 Å². The van der Waals surface area contributed by atoms with Crippen molar-refractivity contribution in [3.63, 3.8) is 0 Å². The first kappa shape index (κ1) is 15.2. The number of carbonyl (C=O) groups excluding carboxylic acids is 1. The number of carboxylic acids is 1. The molecular formula is C14H16ClNO3S. The van der Waals surface area contributed by atoms with E-state index >= 15 is 0 Å². The smallest absolute Gasteiger partial charge is 0.327 e. The van der Waals surface area contributed by atoms with Crippen LogP contribution in [-0.4, -0.2) is 39.1 Å². The molecular weight excluding hydrogens is 298 g/mol. The summed E-state index contributed by atoms with van der Waals surface area (Å²) in [4.78, 5) is 25.3. The Morgan fingerprint density at radius 3 is 2.75 bits per heavy atom. The second kappa shape index (κ2) is 6.06. The highest BCUT2D eigenvalue weighted by molar-refractivity contribution is 8.00. The number of hydrogen-bond donors (Lipinski definition) is 1. The highest BCUT2D eigenvalue weighted by Gasteiger charge is 2.41. The molecule has 0 bridgehead atoms. The van der Waals surface area contributed by atoms with E-state index in [2.05, 4.69) is 0 Å². The summed E-state index contributed by atoms with van der Waals surface area (Å²) in [6.07, 6.45) is 0.722. The molecule has 0 saturated carbocycles. The van der Waals surface area contributed by atoms with Gasteiger partial charge in [-0.25, -0.2) is 4.79 Å². The van der Waals surface area contributed by atoms with Gasteiger partial charge in [-0.15, -0.1) is 11.8 Å². The van der Waals surface area contributed by atoms with Gasteiger partial charge in [0.05, 0.1) is 5.37 Å². The molecule has 4 nitrogen and oxygen atoms in total. The maximum absolute atomic E-state index is 12.6. The molecule has 1 aromatic rings. The van der Waals surface area contributed by atoms with Crippen LogP contribution in [0.25, 0.3) is 0 Å². The molecule has 2 atom stereocenters. The predicted molar refractivity (Wildman–Crippen MR) is 80.3 cm³/mol. The highest BCUT2D eigenvalue weighted by atomic mass is 35.5. The largest absolute Gasteiger partial charge is 0.480 e. The van der Waals surface area contributed by atoms with E-state index in [1.165, 1.54) is 16.7 Å². The molecule has 108 valence electrons. The lowest BCUT2D eigenvalue weighted by Crippen LogP contribution is -2.45. The Hall–Kier alpha value is -1.20. The Morgan fingerprint density at radius 2 is 2.20 bits per heavy atom. The number of amides is 1. The molecule has 0 spiro atoms. The lowest BCUT2D eigenvalue weighted by Gasteiger charge is -2.26. The molecule has 20 heavy (non-hydrogen) atoms. The third kappa shape index (κ3) is 2.79. The average Bonchev–Trinajstić information content (AvgIpc) is 2.85. The first-order chi connectivity index (χ1) is 9.45. The van der Waals surface area contributed by atoms with Crippen molar-refractivity contribution >= 4 is 35.2 Å². The van der Waals surface area contributed by atoms with E-state index in [-0.39, 0.29) is 11.3 Å². The molecule has 2 unspecified atom stereocenters. The van der Waals surface area contributed by atoms with Crippen LogP contribution >= 0.6 is 23.4 Å². The van der Waals surface area contributed by atoms with Gasteiger partial charge in [0.1, 0.15) is 6.04 Å². The van der Waals surface area contributed by atoms with Crippen molar-refractivity contribution < 1.29 is 14.7 Å².